The van der Waals surface area contributed by atoms with Gasteiger partial charge < -0.3 is 19.4 Å². The van der Waals surface area contributed by atoms with Crippen molar-refractivity contribution < 1.29 is 29.0 Å². The van der Waals surface area contributed by atoms with Gasteiger partial charge in [0.05, 0.1) is 13.5 Å². The van der Waals surface area contributed by atoms with Crippen molar-refractivity contribution in [3.05, 3.63) is 29.7 Å². The van der Waals surface area contributed by atoms with Crippen LogP contribution in [0.25, 0.3) is 11.1 Å². The Kier molecular flexibility index (Phi) is 3.48. The highest BCUT2D eigenvalue weighted by molar-refractivity contribution is 5.83. The normalized spacial score (nSPS) is 12.3. The zero-order valence-electron chi connectivity index (χ0n) is 9.99. The summed E-state index contributed by atoms with van der Waals surface area (Å²) < 4.78 is 9.71. The smallest absolute Gasteiger partial charge is 0.342 e. The van der Waals surface area contributed by atoms with Crippen LogP contribution in [0.4, 0.5) is 0 Å². The summed E-state index contributed by atoms with van der Waals surface area (Å²) in [6.45, 7) is 0. The number of hydrogen-bond donors (Lipinski definition) is 2. The highest BCUT2D eigenvalue weighted by Gasteiger charge is 2.23. The van der Waals surface area contributed by atoms with E-state index in [9.17, 15) is 14.7 Å². The average molecular weight is 265 g/mol. The maximum absolute atomic E-state index is 11.2. The van der Waals surface area contributed by atoms with Crippen LogP contribution in [-0.4, -0.2) is 34.2 Å². The Balaban J connectivity index is 2.44. The van der Waals surface area contributed by atoms with Gasteiger partial charge in [-0.15, -0.1) is 0 Å². The molecule has 0 aliphatic carbocycles. The minimum atomic E-state index is -1.83. The lowest BCUT2D eigenvalue weighted by molar-refractivity contribution is -0.148. The fourth-order valence-corrected chi connectivity index (χ4v) is 1.62. The number of carbonyl (C=O) groups excluding carboxylic acids is 1. The Hall–Kier alpha value is -2.41. The van der Waals surface area contributed by atoms with Gasteiger partial charge in [-0.3, -0.25) is 4.79 Å². The molecule has 0 spiro atoms. The molecule has 1 aromatic carbocycles. The van der Waals surface area contributed by atoms with Crippen LogP contribution in [0.5, 0.6) is 0 Å². The molecule has 1 heterocycles. The number of aliphatic carboxylic acids is 1. The highest BCUT2D eigenvalue weighted by Crippen LogP contribution is 2.23. The second-order valence-electron chi connectivity index (χ2n) is 3.81. The fourth-order valence-electron chi connectivity index (χ4n) is 1.62. The third kappa shape index (κ3) is 2.55. The number of carboxylic acid groups (broad SMARTS) is 1. The maximum atomic E-state index is 11.2. The van der Waals surface area contributed by atoms with Gasteiger partial charge in [0.25, 0.3) is 0 Å². The molecule has 1 aromatic heterocycles. The number of para-hydroxylation sites is 1. The zero-order valence-corrected chi connectivity index (χ0v) is 9.99. The third-order valence-corrected chi connectivity index (χ3v) is 2.55. The molecule has 1 unspecified atom stereocenters. The quantitative estimate of drug-likeness (QED) is 0.781. The molecule has 0 bridgehead atoms. The van der Waals surface area contributed by atoms with Crippen molar-refractivity contribution in [3.63, 3.8) is 0 Å². The molecule has 100 valence electrons. The number of aliphatic hydroxyl groups is 1. The van der Waals surface area contributed by atoms with Gasteiger partial charge in [0.1, 0.15) is 5.52 Å². The summed E-state index contributed by atoms with van der Waals surface area (Å²) in [6.07, 6.45) is -1.85. The largest absolute Gasteiger partial charge is 0.479 e. The number of hydrogen-bond acceptors (Lipinski definition) is 6. The van der Waals surface area contributed by atoms with Crippen molar-refractivity contribution in [2.24, 2.45) is 0 Å². The minimum absolute atomic E-state index is 0.0109. The second kappa shape index (κ2) is 5.07. The highest BCUT2D eigenvalue weighted by atomic mass is 16.5. The number of aliphatic hydroxyl groups excluding tert-OH is 1. The summed E-state index contributed by atoms with van der Waals surface area (Å²) in [5.74, 6) is -2.23. The van der Waals surface area contributed by atoms with Gasteiger partial charge in [-0.05, 0) is 11.6 Å². The van der Waals surface area contributed by atoms with Crippen molar-refractivity contribution in [1.29, 1.82) is 0 Å². The number of benzene rings is 1. The van der Waals surface area contributed by atoms with Crippen LogP contribution in [-0.2, 0) is 20.7 Å². The van der Waals surface area contributed by atoms with Crippen LogP contribution in [0.2, 0.25) is 0 Å². The maximum Gasteiger partial charge on any atom is 0.342 e. The first kappa shape index (κ1) is 13.0. The standard InChI is InChI=1S/C12H11NO6/c1-18-8(14)5-6-3-2-4-7-9(6)13-11(19-7)10(15)12(16)17/h2-4,10,15H,5H2,1H3,(H,16,17). The van der Waals surface area contributed by atoms with Gasteiger partial charge in [-0.25, -0.2) is 9.78 Å². The first-order chi connectivity index (χ1) is 9.02. The van der Waals surface area contributed by atoms with Gasteiger partial charge in [-0.2, -0.15) is 0 Å². The van der Waals surface area contributed by atoms with Crippen molar-refractivity contribution in [2.45, 2.75) is 12.5 Å². The molecule has 2 N–H and O–H groups in total. The third-order valence-electron chi connectivity index (χ3n) is 2.55. The van der Waals surface area contributed by atoms with Crippen LogP contribution in [0.3, 0.4) is 0 Å². The lowest BCUT2D eigenvalue weighted by Crippen LogP contribution is -2.10. The van der Waals surface area contributed by atoms with Crippen LogP contribution < -0.4 is 0 Å². The molecule has 0 aliphatic rings. The first-order valence-electron chi connectivity index (χ1n) is 5.39. The Morgan fingerprint density at radius 1 is 1.47 bits per heavy atom. The van der Waals surface area contributed by atoms with Gasteiger partial charge in [0.15, 0.2) is 5.58 Å². The Morgan fingerprint density at radius 2 is 2.21 bits per heavy atom. The van der Waals surface area contributed by atoms with Crippen LogP contribution in [0, 0.1) is 0 Å². The van der Waals surface area contributed by atoms with E-state index < -0.39 is 18.0 Å². The van der Waals surface area contributed by atoms with E-state index in [1.807, 2.05) is 0 Å². The topological polar surface area (TPSA) is 110 Å². The summed E-state index contributed by atoms with van der Waals surface area (Å²) in [4.78, 5) is 25.8. The number of methoxy groups -OCH3 is 1. The first-order valence-corrected chi connectivity index (χ1v) is 5.39. The summed E-state index contributed by atoms with van der Waals surface area (Å²) in [5, 5.41) is 18.1. The lowest BCUT2D eigenvalue weighted by atomic mass is 10.1. The molecule has 2 aromatic rings. The molecule has 1 atom stereocenters. The monoisotopic (exact) mass is 265 g/mol. The molecule has 19 heavy (non-hydrogen) atoms. The van der Waals surface area contributed by atoms with E-state index in [-0.39, 0.29) is 12.3 Å². The average Bonchev–Trinajstić information content (AvgIpc) is 2.82. The zero-order chi connectivity index (χ0) is 14.0. The summed E-state index contributed by atoms with van der Waals surface area (Å²) in [5.41, 5.74) is 1.18. The molecule has 0 radical (unpaired) electrons. The molecule has 0 fully saturated rings. The number of ether oxygens (including phenoxy) is 1. The van der Waals surface area contributed by atoms with Crippen molar-refractivity contribution in [1.82, 2.24) is 4.98 Å². The van der Waals surface area contributed by atoms with Crippen LogP contribution in [0.15, 0.2) is 22.6 Å². The molecule has 7 nitrogen and oxygen atoms in total. The van der Waals surface area contributed by atoms with E-state index in [1.165, 1.54) is 7.11 Å². The number of aromatic nitrogens is 1. The molecule has 7 heteroatoms. The van der Waals surface area contributed by atoms with Crippen molar-refractivity contribution in [3.8, 4) is 0 Å². The molecular weight excluding hydrogens is 254 g/mol. The van der Waals surface area contributed by atoms with E-state index in [1.54, 1.807) is 18.2 Å². The summed E-state index contributed by atoms with van der Waals surface area (Å²) >= 11 is 0. The van der Waals surface area contributed by atoms with Crippen molar-refractivity contribution >= 4 is 23.0 Å². The summed E-state index contributed by atoms with van der Waals surface area (Å²) in [6, 6.07) is 4.86. The number of nitrogens with zero attached hydrogens (tertiary/aromatic N) is 1. The van der Waals surface area contributed by atoms with Crippen molar-refractivity contribution in [2.75, 3.05) is 7.11 Å². The Bertz CT molecular complexity index is 632. The van der Waals surface area contributed by atoms with Gasteiger partial charge in [0, 0.05) is 0 Å². The number of carboxylic acids is 1. The van der Waals surface area contributed by atoms with Crippen LogP contribution in [0.1, 0.15) is 17.6 Å². The van der Waals surface area contributed by atoms with E-state index >= 15 is 0 Å². The molecule has 0 saturated heterocycles. The van der Waals surface area contributed by atoms with Crippen LogP contribution >= 0.6 is 0 Å². The Labute approximate surface area is 107 Å². The second-order valence-corrected chi connectivity index (χ2v) is 3.81. The number of oxazole rings is 1. The SMILES string of the molecule is COC(=O)Cc1cccc2oc(C(O)C(=O)O)nc12. The summed E-state index contributed by atoms with van der Waals surface area (Å²) in [7, 11) is 1.27. The number of carbonyl (C=O) groups is 2. The number of fused-ring (bicyclic) bond motifs is 1. The van der Waals surface area contributed by atoms with E-state index in [0.29, 0.717) is 16.7 Å². The fraction of sp³-hybridized carbons (Fsp3) is 0.250. The molecule has 0 amide bonds. The minimum Gasteiger partial charge on any atom is -0.479 e. The molecule has 0 aliphatic heterocycles. The van der Waals surface area contributed by atoms with E-state index in [2.05, 4.69) is 9.72 Å². The Morgan fingerprint density at radius 3 is 2.84 bits per heavy atom. The van der Waals surface area contributed by atoms with E-state index in [4.69, 9.17) is 9.52 Å². The van der Waals surface area contributed by atoms with Gasteiger partial charge in [0.2, 0.25) is 12.0 Å². The van der Waals surface area contributed by atoms with Gasteiger partial charge in [-0.1, -0.05) is 12.1 Å². The van der Waals surface area contributed by atoms with E-state index in [0.717, 1.165) is 0 Å². The van der Waals surface area contributed by atoms with Gasteiger partial charge >= 0.3 is 11.9 Å². The predicted octanol–water partition coefficient (Wildman–Crippen LogP) is 0.661. The lowest BCUT2D eigenvalue weighted by Gasteiger charge is -1.99. The predicted molar refractivity (Wildman–Crippen MR) is 62.3 cm³/mol. The number of esters is 1. The molecule has 2 rings (SSSR count). The molecular formula is C12H11NO6. The number of rotatable bonds is 4. The molecule has 0 saturated carbocycles.